The van der Waals surface area contributed by atoms with Crippen molar-refractivity contribution in [1.29, 1.82) is 0 Å². The SMILES string of the molecule is Cc1cccc(C(=O)Nc2cn3cc(CCC(C)(C)O)nc3cc2N2CCC(O)C2)n1. The van der Waals surface area contributed by atoms with Crippen LogP contribution in [0.2, 0.25) is 0 Å². The van der Waals surface area contributed by atoms with Gasteiger partial charge in [0.1, 0.15) is 11.3 Å². The molecule has 1 fully saturated rings. The van der Waals surface area contributed by atoms with Gasteiger partial charge in [-0.25, -0.2) is 9.97 Å². The standard InChI is InChI=1S/C23H29N5O3/c1-15-5-4-6-18(24-15)22(30)26-19-14-28-12-16(7-9-23(2,3)31)25-21(28)11-20(19)27-10-8-17(29)13-27/h4-6,11-12,14,17,29,31H,7-10,13H2,1-3H3,(H,26,30). The molecule has 4 heterocycles. The van der Waals surface area contributed by atoms with E-state index in [4.69, 9.17) is 4.98 Å². The highest BCUT2D eigenvalue weighted by molar-refractivity contribution is 6.04. The molecule has 8 heteroatoms. The van der Waals surface area contributed by atoms with Crippen LogP contribution in [0.4, 0.5) is 11.4 Å². The summed E-state index contributed by atoms with van der Waals surface area (Å²) < 4.78 is 1.88. The lowest BCUT2D eigenvalue weighted by atomic mass is 10.0. The largest absolute Gasteiger partial charge is 0.391 e. The number of aliphatic hydroxyl groups excluding tert-OH is 1. The van der Waals surface area contributed by atoms with E-state index in [2.05, 4.69) is 15.2 Å². The van der Waals surface area contributed by atoms with Gasteiger partial charge in [0.05, 0.1) is 28.8 Å². The summed E-state index contributed by atoms with van der Waals surface area (Å²) in [6, 6.07) is 7.28. The molecule has 0 aromatic carbocycles. The van der Waals surface area contributed by atoms with Crippen molar-refractivity contribution >= 4 is 22.9 Å². The van der Waals surface area contributed by atoms with Crippen LogP contribution in [0.1, 0.15) is 48.6 Å². The average molecular weight is 424 g/mol. The Kier molecular flexibility index (Phi) is 5.68. The minimum atomic E-state index is -0.757. The molecule has 1 unspecified atom stereocenters. The summed E-state index contributed by atoms with van der Waals surface area (Å²) in [5.41, 5.74) is 3.46. The Bertz CT molecular complexity index is 1100. The van der Waals surface area contributed by atoms with Crippen LogP contribution in [-0.4, -0.2) is 55.3 Å². The number of carbonyl (C=O) groups is 1. The highest BCUT2D eigenvalue weighted by Crippen LogP contribution is 2.31. The van der Waals surface area contributed by atoms with Crippen LogP contribution in [0.25, 0.3) is 5.65 Å². The highest BCUT2D eigenvalue weighted by Gasteiger charge is 2.24. The monoisotopic (exact) mass is 423 g/mol. The zero-order valence-electron chi connectivity index (χ0n) is 18.2. The second-order valence-electron chi connectivity index (χ2n) is 8.89. The lowest BCUT2D eigenvalue weighted by Crippen LogP contribution is -2.24. The van der Waals surface area contributed by atoms with Gasteiger partial charge in [0.2, 0.25) is 0 Å². The molecule has 4 rings (SSSR count). The molecular formula is C23H29N5O3. The number of rotatable bonds is 6. The molecule has 1 saturated heterocycles. The maximum absolute atomic E-state index is 12.9. The number of imidazole rings is 1. The number of nitrogens with one attached hydrogen (secondary N) is 1. The number of anilines is 2. The van der Waals surface area contributed by atoms with Crippen LogP contribution in [0.5, 0.6) is 0 Å². The van der Waals surface area contributed by atoms with E-state index in [1.54, 1.807) is 19.9 Å². The molecule has 0 aliphatic carbocycles. The Morgan fingerprint density at radius 3 is 2.77 bits per heavy atom. The van der Waals surface area contributed by atoms with Gasteiger partial charge in [0.25, 0.3) is 5.91 Å². The van der Waals surface area contributed by atoms with Gasteiger partial charge in [-0.1, -0.05) is 6.07 Å². The van der Waals surface area contributed by atoms with Gasteiger partial charge >= 0.3 is 0 Å². The number of carbonyl (C=O) groups excluding carboxylic acids is 1. The average Bonchev–Trinajstić information content (AvgIpc) is 3.30. The summed E-state index contributed by atoms with van der Waals surface area (Å²) in [7, 11) is 0. The maximum atomic E-state index is 12.9. The third-order valence-corrected chi connectivity index (χ3v) is 5.49. The zero-order chi connectivity index (χ0) is 22.2. The number of aryl methyl sites for hydroxylation is 2. The molecule has 3 aromatic rings. The van der Waals surface area contributed by atoms with Gasteiger partial charge in [-0.05, 0) is 52.2 Å². The lowest BCUT2D eigenvalue weighted by Gasteiger charge is -2.22. The number of hydrogen-bond donors (Lipinski definition) is 3. The number of pyridine rings is 2. The molecule has 1 aliphatic heterocycles. The number of fused-ring (bicyclic) bond motifs is 1. The molecule has 0 radical (unpaired) electrons. The fourth-order valence-electron chi connectivity index (χ4n) is 3.80. The molecule has 0 saturated carbocycles. The Morgan fingerprint density at radius 2 is 2.10 bits per heavy atom. The van der Waals surface area contributed by atoms with Crippen molar-refractivity contribution in [3.63, 3.8) is 0 Å². The Morgan fingerprint density at radius 1 is 1.29 bits per heavy atom. The van der Waals surface area contributed by atoms with Crippen molar-refractivity contribution in [2.24, 2.45) is 0 Å². The number of β-amino-alcohol motifs (C(OH)–C–C–N with tert-alkyl or cyclic N) is 1. The predicted octanol–water partition coefficient (Wildman–Crippen LogP) is 2.56. The van der Waals surface area contributed by atoms with Crippen molar-refractivity contribution in [1.82, 2.24) is 14.4 Å². The molecule has 164 valence electrons. The van der Waals surface area contributed by atoms with Gasteiger partial charge in [-0.15, -0.1) is 0 Å². The van der Waals surface area contributed by atoms with Crippen LogP contribution in [0.15, 0.2) is 36.7 Å². The third kappa shape index (κ3) is 5.03. The van der Waals surface area contributed by atoms with E-state index in [0.717, 1.165) is 22.7 Å². The van der Waals surface area contributed by atoms with Gasteiger partial charge < -0.3 is 24.8 Å². The fraction of sp³-hybridized carbons (Fsp3) is 0.435. The highest BCUT2D eigenvalue weighted by atomic mass is 16.3. The van der Waals surface area contributed by atoms with E-state index in [1.165, 1.54) is 0 Å². The van der Waals surface area contributed by atoms with E-state index in [1.807, 2.05) is 41.9 Å². The Labute approximate surface area is 181 Å². The van der Waals surface area contributed by atoms with Crippen molar-refractivity contribution < 1.29 is 15.0 Å². The minimum absolute atomic E-state index is 0.286. The minimum Gasteiger partial charge on any atom is -0.391 e. The summed E-state index contributed by atoms with van der Waals surface area (Å²) in [6.45, 7) is 6.63. The normalized spacial score (nSPS) is 16.8. The first kappa shape index (κ1) is 21.3. The zero-order valence-corrected chi connectivity index (χ0v) is 18.2. The van der Waals surface area contributed by atoms with Crippen LogP contribution in [0.3, 0.4) is 0 Å². The molecule has 0 bridgehead atoms. The molecule has 8 nitrogen and oxygen atoms in total. The van der Waals surface area contributed by atoms with E-state index < -0.39 is 5.60 Å². The quantitative estimate of drug-likeness (QED) is 0.563. The second-order valence-corrected chi connectivity index (χ2v) is 8.89. The van der Waals surface area contributed by atoms with Crippen molar-refractivity contribution in [2.75, 3.05) is 23.3 Å². The Balaban J connectivity index is 1.68. The van der Waals surface area contributed by atoms with E-state index >= 15 is 0 Å². The Hall–Kier alpha value is -2.97. The van der Waals surface area contributed by atoms with Crippen LogP contribution >= 0.6 is 0 Å². The summed E-state index contributed by atoms with van der Waals surface area (Å²) in [5, 5.41) is 23.0. The first-order chi connectivity index (χ1) is 14.7. The predicted molar refractivity (Wildman–Crippen MR) is 120 cm³/mol. The number of aliphatic hydroxyl groups is 2. The van der Waals surface area contributed by atoms with Crippen LogP contribution < -0.4 is 10.2 Å². The molecule has 1 aliphatic rings. The summed E-state index contributed by atoms with van der Waals surface area (Å²) in [5.74, 6) is -0.286. The number of amides is 1. The molecule has 0 spiro atoms. The van der Waals surface area contributed by atoms with Crippen molar-refractivity contribution in [3.05, 3.63) is 53.7 Å². The van der Waals surface area contributed by atoms with Gasteiger partial charge in [-0.3, -0.25) is 4.79 Å². The summed E-state index contributed by atoms with van der Waals surface area (Å²) in [4.78, 5) is 23.9. The smallest absolute Gasteiger partial charge is 0.274 e. The van der Waals surface area contributed by atoms with Gasteiger partial charge in [-0.2, -0.15) is 0 Å². The van der Waals surface area contributed by atoms with E-state index in [0.29, 0.717) is 43.7 Å². The summed E-state index contributed by atoms with van der Waals surface area (Å²) in [6.07, 6.45) is 5.32. The molecule has 1 amide bonds. The van der Waals surface area contributed by atoms with Crippen LogP contribution in [0, 0.1) is 6.92 Å². The topological polar surface area (TPSA) is 103 Å². The van der Waals surface area contributed by atoms with Gasteiger partial charge in [0, 0.05) is 37.2 Å². The van der Waals surface area contributed by atoms with Crippen molar-refractivity contribution in [3.8, 4) is 0 Å². The maximum Gasteiger partial charge on any atom is 0.274 e. The number of aromatic nitrogens is 3. The van der Waals surface area contributed by atoms with Gasteiger partial charge in [0.15, 0.2) is 0 Å². The molecule has 3 N–H and O–H groups in total. The molecule has 1 atom stereocenters. The fourth-order valence-corrected chi connectivity index (χ4v) is 3.80. The number of hydrogen-bond acceptors (Lipinski definition) is 6. The van der Waals surface area contributed by atoms with E-state index in [-0.39, 0.29) is 12.0 Å². The molecule has 3 aromatic heterocycles. The molecule has 31 heavy (non-hydrogen) atoms. The first-order valence-electron chi connectivity index (χ1n) is 10.6. The van der Waals surface area contributed by atoms with Crippen molar-refractivity contribution in [2.45, 2.75) is 51.7 Å². The number of nitrogens with zero attached hydrogens (tertiary/aromatic N) is 4. The summed E-state index contributed by atoms with van der Waals surface area (Å²) >= 11 is 0. The first-order valence-corrected chi connectivity index (χ1v) is 10.6. The van der Waals surface area contributed by atoms with Crippen LogP contribution in [-0.2, 0) is 6.42 Å². The van der Waals surface area contributed by atoms with E-state index in [9.17, 15) is 15.0 Å². The third-order valence-electron chi connectivity index (χ3n) is 5.49. The molecular weight excluding hydrogens is 394 g/mol. The lowest BCUT2D eigenvalue weighted by molar-refractivity contribution is 0.0711. The second kappa shape index (κ2) is 8.28.